The van der Waals surface area contributed by atoms with Crippen molar-refractivity contribution in [2.24, 2.45) is 11.7 Å². The zero-order valence-corrected chi connectivity index (χ0v) is 32.5. The van der Waals surface area contributed by atoms with Crippen molar-refractivity contribution in [3.8, 4) is 0 Å². The zero-order chi connectivity index (χ0) is 42.7. The number of carbonyl (C=O) groups excluding carboxylic acids is 9. The molecule has 1 aromatic rings. The smallest absolute Gasteiger partial charge is 0.409 e. The van der Waals surface area contributed by atoms with Crippen molar-refractivity contribution in [1.29, 1.82) is 0 Å². The molecule has 2 atom stereocenters. The van der Waals surface area contributed by atoms with E-state index in [9.17, 15) is 47.9 Å². The number of nitrogens with one attached hydrogen (secondary N) is 4. The molecule has 1 fully saturated rings. The van der Waals surface area contributed by atoms with Crippen LogP contribution in [0.25, 0.3) is 0 Å². The summed E-state index contributed by atoms with van der Waals surface area (Å²) >= 11 is 0. The highest BCUT2D eigenvalue weighted by atomic mass is 16.7. The number of primary amides is 1. The molecule has 0 unspecified atom stereocenters. The number of likely N-dealkylation sites (N-methyl/N-ethyl adjacent to an activating group) is 1. The Morgan fingerprint density at radius 1 is 0.860 bits per heavy atom. The van der Waals surface area contributed by atoms with E-state index in [0.717, 1.165) is 4.90 Å². The highest BCUT2D eigenvalue weighted by Crippen LogP contribution is 2.15. The van der Waals surface area contributed by atoms with E-state index in [0.29, 0.717) is 16.3 Å². The third-order valence-electron chi connectivity index (χ3n) is 8.46. The number of carboxylic acid groups (broad SMARTS) is 1. The molecule has 0 aromatic heterocycles. The van der Waals surface area contributed by atoms with Crippen molar-refractivity contribution in [2.75, 3.05) is 39.0 Å². The zero-order valence-electron chi connectivity index (χ0n) is 32.5. The molecule has 7 N–H and O–H groups in total. The number of imide groups is 1. The summed E-state index contributed by atoms with van der Waals surface area (Å²) in [7, 11) is 2.77. The van der Waals surface area contributed by atoms with Gasteiger partial charge in [0.2, 0.25) is 23.6 Å². The van der Waals surface area contributed by atoms with Crippen molar-refractivity contribution < 1.29 is 62.6 Å². The number of amides is 9. The molecule has 0 saturated carbocycles. The number of nitrogens with zero attached hydrogens (tertiary/aromatic N) is 3. The number of anilines is 1. The number of benzene rings is 1. The molecule has 9 amide bonds. The molecular weight excluding hydrogens is 752 g/mol. The van der Waals surface area contributed by atoms with Gasteiger partial charge in [0, 0.05) is 65.0 Å². The molecule has 1 aliphatic rings. The quantitative estimate of drug-likeness (QED) is 0.0645. The van der Waals surface area contributed by atoms with E-state index in [1.54, 1.807) is 38.1 Å². The first-order valence-corrected chi connectivity index (χ1v) is 18.3. The molecule has 0 spiro atoms. The van der Waals surface area contributed by atoms with Crippen LogP contribution in [-0.4, -0.2) is 125 Å². The first-order chi connectivity index (χ1) is 26.9. The van der Waals surface area contributed by atoms with Crippen molar-refractivity contribution in [3.63, 3.8) is 0 Å². The second-order valence-corrected chi connectivity index (χ2v) is 13.6. The van der Waals surface area contributed by atoms with Gasteiger partial charge in [0.1, 0.15) is 25.2 Å². The van der Waals surface area contributed by atoms with Crippen LogP contribution < -0.4 is 27.0 Å². The van der Waals surface area contributed by atoms with Gasteiger partial charge in [-0.2, -0.15) is 0 Å². The highest BCUT2D eigenvalue weighted by molar-refractivity contribution is 6.01. The average Bonchev–Trinajstić information content (AvgIpc) is 3.46. The fourth-order valence-electron chi connectivity index (χ4n) is 5.19. The summed E-state index contributed by atoms with van der Waals surface area (Å²) in [5, 5.41) is 19.7. The molecule has 21 nitrogen and oxygen atoms in total. The molecule has 0 bridgehead atoms. The summed E-state index contributed by atoms with van der Waals surface area (Å²) in [6.07, 6.45) is -0.261. The van der Waals surface area contributed by atoms with Gasteiger partial charge in [-0.1, -0.05) is 26.0 Å². The number of urea groups is 1. The Labute approximate surface area is 329 Å². The minimum absolute atomic E-state index is 0.00270. The van der Waals surface area contributed by atoms with E-state index < -0.39 is 84.1 Å². The van der Waals surface area contributed by atoms with E-state index in [4.69, 9.17) is 20.4 Å². The SMILES string of the molecule is CC(C)[C@H](NC(=O)CCCCC(=O)ON1C(=O)CCC1=O)C(=O)N[C@@H](CCCNC(N)=O)C(=O)Nc1ccc(COC(=O)N(C)CCC(=O)N(C)CC(=O)O)cc1. The van der Waals surface area contributed by atoms with E-state index in [2.05, 4.69) is 21.3 Å². The van der Waals surface area contributed by atoms with Crippen molar-refractivity contribution in [3.05, 3.63) is 29.8 Å². The molecule has 57 heavy (non-hydrogen) atoms. The Hall–Kier alpha value is -6.28. The van der Waals surface area contributed by atoms with Crippen LogP contribution in [0.2, 0.25) is 0 Å². The number of carboxylic acids is 1. The predicted octanol–water partition coefficient (Wildman–Crippen LogP) is 0.368. The standard InChI is InChI=1S/C36H52N8O13/c1-22(2)32(41-26(45)9-5-6-10-31(51)57-44-28(47)15-16-29(44)48)34(53)40-25(8-7-18-38-35(37)54)33(52)39-24-13-11-23(12-14-24)21-56-36(55)42(3)19-17-27(46)43(4)20-30(49)50/h11-14,22,25,32H,5-10,15-21H2,1-4H3,(H,39,52)(H,40,53)(H,41,45)(H,49,50)(H3,37,38,54)/t25-,32-/m0/s1. The first-order valence-electron chi connectivity index (χ1n) is 18.3. The molecular formula is C36H52N8O13. The summed E-state index contributed by atoms with van der Waals surface area (Å²) in [5.41, 5.74) is 6.05. The maximum atomic E-state index is 13.4. The first kappa shape index (κ1) is 46.9. The number of unbranched alkanes of at least 4 members (excludes halogenated alkanes) is 1. The predicted molar refractivity (Wildman–Crippen MR) is 199 cm³/mol. The Balaban J connectivity index is 1.93. The normalized spacial score (nSPS) is 13.2. The van der Waals surface area contributed by atoms with Crippen LogP contribution in [0.5, 0.6) is 0 Å². The van der Waals surface area contributed by atoms with Crippen LogP contribution in [0.15, 0.2) is 24.3 Å². The van der Waals surface area contributed by atoms with E-state index in [1.165, 1.54) is 19.0 Å². The van der Waals surface area contributed by atoms with E-state index in [1.807, 2.05) is 0 Å². The number of rotatable bonds is 23. The maximum Gasteiger partial charge on any atom is 0.409 e. The Morgan fingerprint density at radius 3 is 2.09 bits per heavy atom. The number of hydrogen-bond donors (Lipinski definition) is 6. The van der Waals surface area contributed by atoms with Gasteiger partial charge < -0.3 is 51.5 Å². The lowest BCUT2D eigenvalue weighted by molar-refractivity contribution is -0.197. The molecule has 1 aliphatic heterocycles. The van der Waals surface area contributed by atoms with Gasteiger partial charge in [0.15, 0.2) is 0 Å². The van der Waals surface area contributed by atoms with Gasteiger partial charge in [0.05, 0.1) is 0 Å². The third kappa shape index (κ3) is 17.4. The fraction of sp³-hybridized carbons (Fsp3) is 0.556. The van der Waals surface area contributed by atoms with Crippen LogP contribution in [0.3, 0.4) is 0 Å². The second kappa shape index (κ2) is 23.6. The topological polar surface area (TPSA) is 293 Å². The van der Waals surface area contributed by atoms with Gasteiger partial charge in [-0.15, -0.1) is 5.06 Å². The number of hydroxylamine groups is 2. The average molecular weight is 805 g/mol. The van der Waals surface area contributed by atoms with E-state index in [-0.39, 0.29) is 77.5 Å². The highest BCUT2D eigenvalue weighted by Gasteiger charge is 2.33. The molecule has 21 heteroatoms. The monoisotopic (exact) mass is 804 g/mol. The Bertz CT molecular complexity index is 1620. The fourth-order valence-corrected chi connectivity index (χ4v) is 5.19. The van der Waals surface area contributed by atoms with Crippen LogP contribution in [0.1, 0.15) is 77.2 Å². The number of aliphatic carboxylic acids is 1. The lowest BCUT2D eigenvalue weighted by atomic mass is 10.0. The summed E-state index contributed by atoms with van der Waals surface area (Å²) in [6, 6.07) is 3.41. The summed E-state index contributed by atoms with van der Waals surface area (Å²) in [4.78, 5) is 128. The molecule has 0 aliphatic carbocycles. The summed E-state index contributed by atoms with van der Waals surface area (Å²) in [6.45, 7) is 2.94. The third-order valence-corrected chi connectivity index (χ3v) is 8.46. The Morgan fingerprint density at radius 2 is 1.49 bits per heavy atom. The van der Waals surface area contributed by atoms with Gasteiger partial charge in [0.25, 0.3) is 11.8 Å². The minimum atomic E-state index is -1.16. The van der Waals surface area contributed by atoms with Crippen LogP contribution in [0, 0.1) is 5.92 Å². The van der Waals surface area contributed by atoms with Gasteiger partial charge >= 0.3 is 24.1 Å². The number of nitrogens with two attached hydrogens (primary N) is 1. The maximum absolute atomic E-state index is 13.4. The van der Waals surface area contributed by atoms with Crippen LogP contribution >= 0.6 is 0 Å². The summed E-state index contributed by atoms with van der Waals surface area (Å²) in [5.74, 6) is -5.70. The molecule has 1 aromatic carbocycles. The van der Waals surface area contributed by atoms with Gasteiger partial charge in [-0.25, -0.2) is 14.4 Å². The molecule has 314 valence electrons. The van der Waals surface area contributed by atoms with Gasteiger partial charge in [-0.05, 0) is 49.3 Å². The molecule has 0 radical (unpaired) electrons. The van der Waals surface area contributed by atoms with Gasteiger partial charge in [-0.3, -0.25) is 33.6 Å². The molecule has 1 saturated heterocycles. The van der Waals surface area contributed by atoms with Crippen molar-refractivity contribution >= 4 is 65.2 Å². The number of ether oxygens (including phenoxy) is 1. The molecule has 2 rings (SSSR count). The lowest BCUT2D eigenvalue weighted by Crippen LogP contribution is -2.54. The van der Waals surface area contributed by atoms with Crippen LogP contribution in [-0.2, 0) is 54.5 Å². The van der Waals surface area contributed by atoms with Crippen molar-refractivity contribution in [2.45, 2.75) is 90.3 Å². The number of carbonyl (C=O) groups is 10. The largest absolute Gasteiger partial charge is 0.480 e. The minimum Gasteiger partial charge on any atom is -0.480 e. The van der Waals surface area contributed by atoms with E-state index >= 15 is 0 Å². The number of hydrogen-bond acceptors (Lipinski definition) is 12. The van der Waals surface area contributed by atoms with Crippen LogP contribution in [0.4, 0.5) is 15.3 Å². The lowest BCUT2D eigenvalue weighted by Gasteiger charge is -2.25. The molecule has 1 heterocycles. The Kier molecular flexibility index (Phi) is 19.4. The summed E-state index contributed by atoms with van der Waals surface area (Å²) < 4.78 is 5.28. The van der Waals surface area contributed by atoms with Crippen molar-refractivity contribution in [1.82, 2.24) is 30.8 Å². The second-order valence-electron chi connectivity index (χ2n) is 13.6.